The van der Waals surface area contributed by atoms with E-state index >= 15 is 0 Å². The van der Waals surface area contributed by atoms with Crippen LogP contribution in [0.1, 0.15) is 20.7 Å². The number of hydrogen-bond donors (Lipinski definition) is 1. The summed E-state index contributed by atoms with van der Waals surface area (Å²) in [7, 11) is 1.52. The van der Waals surface area contributed by atoms with Crippen molar-refractivity contribution in [1.29, 1.82) is 0 Å². The van der Waals surface area contributed by atoms with Crippen LogP contribution in [0.2, 0.25) is 0 Å². The lowest BCUT2D eigenvalue weighted by Gasteiger charge is -2.39. The third-order valence-corrected chi connectivity index (χ3v) is 5.64. The van der Waals surface area contributed by atoms with Gasteiger partial charge in [-0.05, 0) is 0 Å². The Morgan fingerprint density at radius 1 is 1.09 bits per heavy atom. The van der Waals surface area contributed by atoms with Crippen LogP contribution in [0.5, 0.6) is 0 Å². The van der Waals surface area contributed by atoms with E-state index in [0.717, 1.165) is 11.8 Å². The first-order valence-electron chi connectivity index (χ1n) is 7.08. The molecule has 1 unspecified atom stereocenters. The van der Waals surface area contributed by atoms with Gasteiger partial charge in [0.05, 0.1) is 17.0 Å². The molecule has 116 valence electrons. The van der Waals surface area contributed by atoms with Gasteiger partial charge >= 0.3 is 0 Å². The highest BCUT2D eigenvalue weighted by Crippen LogP contribution is 2.46. The molecule has 6 nitrogen and oxygen atoms in total. The van der Waals surface area contributed by atoms with Crippen LogP contribution in [0.15, 0.2) is 34.7 Å². The molecule has 1 spiro atoms. The number of nitrogens with one attached hydrogen (secondary N) is 1. The summed E-state index contributed by atoms with van der Waals surface area (Å²) in [5.74, 6) is -1.13. The Kier molecular flexibility index (Phi) is 2.81. The van der Waals surface area contributed by atoms with Crippen molar-refractivity contribution in [1.82, 2.24) is 10.2 Å². The van der Waals surface area contributed by atoms with Gasteiger partial charge in [0.1, 0.15) is 0 Å². The predicted molar refractivity (Wildman–Crippen MR) is 83.1 cm³/mol. The number of carbonyl (C=O) groups excluding carboxylic acids is 4. The number of amides is 2. The number of benzene rings is 1. The summed E-state index contributed by atoms with van der Waals surface area (Å²) in [6, 6.07) is 6.57. The topological polar surface area (TPSA) is 83.6 Å². The lowest BCUT2D eigenvalue weighted by atomic mass is 9.78. The van der Waals surface area contributed by atoms with Crippen molar-refractivity contribution in [2.45, 2.75) is 5.54 Å². The number of likely N-dealkylation sites (N-methyl/N-ethyl adjacent to an activating group) is 1. The fraction of sp³-hybridized carbons (Fsp3) is 0.250. The Labute approximate surface area is 135 Å². The monoisotopic (exact) mass is 328 g/mol. The van der Waals surface area contributed by atoms with E-state index in [4.69, 9.17) is 0 Å². The minimum absolute atomic E-state index is 0.0490. The SMILES string of the molecule is CN1CC(=O)NC2(CSC3=C2C(=O)c2ccccc2C3=O)C1=O. The molecule has 2 aliphatic heterocycles. The molecular weight excluding hydrogens is 316 g/mol. The normalized spacial score (nSPS) is 26.6. The van der Waals surface area contributed by atoms with Crippen molar-refractivity contribution < 1.29 is 19.2 Å². The first kappa shape index (κ1) is 14.2. The number of piperazine rings is 1. The average molecular weight is 328 g/mol. The molecule has 4 rings (SSSR count). The molecule has 1 saturated heterocycles. The molecule has 1 aromatic carbocycles. The molecule has 0 bridgehead atoms. The van der Waals surface area contributed by atoms with Crippen LogP contribution >= 0.6 is 11.8 Å². The Bertz CT molecular complexity index is 844. The summed E-state index contributed by atoms with van der Waals surface area (Å²) < 4.78 is 0. The number of nitrogens with zero attached hydrogens (tertiary/aromatic N) is 1. The Balaban J connectivity index is 1.93. The first-order valence-corrected chi connectivity index (χ1v) is 8.07. The summed E-state index contributed by atoms with van der Waals surface area (Å²) in [5.41, 5.74) is -0.669. The highest BCUT2D eigenvalue weighted by molar-refractivity contribution is 8.04. The van der Waals surface area contributed by atoms with Gasteiger partial charge in [-0.1, -0.05) is 24.3 Å². The molecule has 0 radical (unpaired) electrons. The van der Waals surface area contributed by atoms with Gasteiger partial charge in [-0.3, -0.25) is 19.2 Å². The van der Waals surface area contributed by atoms with Crippen LogP contribution in [0.4, 0.5) is 0 Å². The Morgan fingerprint density at radius 2 is 1.74 bits per heavy atom. The number of allylic oxidation sites excluding steroid dienone is 1. The molecule has 23 heavy (non-hydrogen) atoms. The number of carbonyl (C=O) groups is 4. The van der Waals surface area contributed by atoms with Gasteiger partial charge in [-0.15, -0.1) is 11.8 Å². The van der Waals surface area contributed by atoms with E-state index in [9.17, 15) is 19.2 Å². The third kappa shape index (κ3) is 1.71. The van der Waals surface area contributed by atoms with Crippen LogP contribution in [0, 0.1) is 0 Å². The second kappa shape index (κ2) is 4.55. The summed E-state index contributed by atoms with van der Waals surface area (Å²) >= 11 is 1.16. The summed E-state index contributed by atoms with van der Waals surface area (Å²) in [6.45, 7) is -0.0490. The van der Waals surface area contributed by atoms with Gasteiger partial charge in [-0.2, -0.15) is 0 Å². The van der Waals surface area contributed by atoms with Crippen molar-refractivity contribution in [3.63, 3.8) is 0 Å². The molecule has 2 amide bonds. The van der Waals surface area contributed by atoms with Crippen LogP contribution in [0.3, 0.4) is 0 Å². The molecule has 1 fully saturated rings. The van der Waals surface area contributed by atoms with Crippen LogP contribution < -0.4 is 5.32 Å². The molecule has 0 aromatic heterocycles. The number of thioether (sulfide) groups is 1. The Hall–Kier alpha value is -2.41. The zero-order valence-electron chi connectivity index (χ0n) is 12.2. The third-order valence-electron chi connectivity index (χ3n) is 4.38. The second-order valence-electron chi connectivity index (χ2n) is 5.81. The van der Waals surface area contributed by atoms with Gasteiger partial charge < -0.3 is 10.2 Å². The smallest absolute Gasteiger partial charge is 0.254 e. The average Bonchev–Trinajstić information content (AvgIpc) is 2.91. The van der Waals surface area contributed by atoms with Crippen molar-refractivity contribution in [3.8, 4) is 0 Å². The molecule has 3 aliphatic rings. The predicted octanol–water partition coefficient (Wildman–Crippen LogP) is 0.394. The number of rotatable bonds is 0. The van der Waals surface area contributed by atoms with Gasteiger partial charge in [0.15, 0.2) is 11.3 Å². The molecule has 1 aliphatic carbocycles. The second-order valence-corrected chi connectivity index (χ2v) is 6.80. The van der Waals surface area contributed by atoms with E-state index in [1.807, 2.05) is 0 Å². The molecule has 7 heteroatoms. The zero-order chi connectivity index (χ0) is 16.4. The lowest BCUT2D eigenvalue weighted by molar-refractivity contribution is -0.145. The number of ketones is 2. The molecule has 0 saturated carbocycles. The molecule has 1 N–H and O–H groups in total. The van der Waals surface area contributed by atoms with Crippen LogP contribution in [0.25, 0.3) is 0 Å². The summed E-state index contributed by atoms with van der Waals surface area (Å²) in [5, 5.41) is 2.67. The van der Waals surface area contributed by atoms with E-state index in [1.165, 1.54) is 11.9 Å². The van der Waals surface area contributed by atoms with Gasteiger partial charge in [0, 0.05) is 23.9 Å². The maximum atomic E-state index is 12.9. The molecule has 2 heterocycles. The van der Waals surface area contributed by atoms with Crippen LogP contribution in [-0.4, -0.2) is 53.2 Å². The first-order chi connectivity index (χ1) is 11.0. The van der Waals surface area contributed by atoms with E-state index in [0.29, 0.717) is 5.56 Å². The number of fused-ring (bicyclic) bond motifs is 2. The van der Waals surface area contributed by atoms with Crippen LogP contribution in [-0.2, 0) is 9.59 Å². The largest absolute Gasteiger partial charge is 0.336 e. The highest BCUT2D eigenvalue weighted by atomic mass is 32.2. The quantitative estimate of drug-likeness (QED) is 0.745. The maximum absolute atomic E-state index is 12.9. The zero-order valence-corrected chi connectivity index (χ0v) is 13.0. The lowest BCUT2D eigenvalue weighted by Crippen LogP contribution is -2.68. The van der Waals surface area contributed by atoms with E-state index in [-0.39, 0.29) is 51.7 Å². The molecular formula is C16H12N2O4S. The van der Waals surface area contributed by atoms with Gasteiger partial charge in [-0.25, -0.2) is 0 Å². The van der Waals surface area contributed by atoms with Crippen molar-refractivity contribution >= 4 is 35.1 Å². The Morgan fingerprint density at radius 3 is 2.43 bits per heavy atom. The fourth-order valence-corrected chi connectivity index (χ4v) is 4.70. The molecule has 1 aromatic rings. The maximum Gasteiger partial charge on any atom is 0.254 e. The van der Waals surface area contributed by atoms with Crippen molar-refractivity contribution in [2.75, 3.05) is 19.3 Å². The minimum Gasteiger partial charge on any atom is -0.336 e. The summed E-state index contributed by atoms with van der Waals surface area (Å²) in [4.78, 5) is 51.8. The van der Waals surface area contributed by atoms with E-state index in [2.05, 4.69) is 5.32 Å². The highest BCUT2D eigenvalue weighted by Gasteiger charge is 2.57. The van der Waals surface area contributed by atoms with Crippen molar-refractivity contribution in [3.05, 3.63) is 45.9 Å². The molecule has 1 atom stereocenters. The standard InChI is InChI=1S/C16H12N2O4S/c1-18-6-10(19)17-16(15(18)22)7-23-14-11(16)12(20)8-4-2-3-5-9(8)13(14)21/h2-5H,6-7H2,1H3,(H,17,19). The number of Topliss-reactive ketones (excluding diaryl/α,β-unsaturated/α-hetero) is 2. The summed E-state index contributed by atoms with van der Waals surface area (Å²) in [6.07, 6.45) is 0. The van der Waals surface area contributed by atoms with Crippen molar-refractivity contribution in [2.24, 2.45) is 0 Å². The fourth-order valence-electron chi connectivity index (χ4n) is 3.34. The van der Waals surface area contributed by atoms with Gasteiger partial charge in [0.25, 0.3) is 5.91 Å². The minimum atomic E-state index is -1.43. The number of hydrogen-bond acceptors (Lipinski definition) is 5. The van der Waals surface area contributed by atoms with E-state index in [1.54, 1.807) is 24.3 Å². The van der Waals surface area contributed by atoms with Gasteiger partial charge in [0.2, 0.25) is 11.7 Å². The van der Waals surface area contributed by atoms with E-state index < -0.39 is 5.54 Å².